The van der Waals surface area contributed by atoms with Gasteiger partial charge in [-0.15, -0.1) is 0 Å². The Kier molecular flexibility index (Phi) is 5.89. The molecule has 0 spiro atoms. The largest absolute Gasteiger partial charge is 0.611 e. The molecule has 7 heteroatoms. The lowest BCUT2D eigenvalue weighted by molar-refractivity contribution is 0.278. The minimum absolute atomic E-state index is 0.0209. The van der Waals surface area contributed by atoms with Crippen LogP contribution in [0, 0.1) is 5.82 Å². The minimum Gasteiger partial charge on any atom is -0.611 e. The molecule has 0 radical (unpaired) electrons. The Balaban J connectivity index is 1.96. The van der Waals surface area contributed by atoms with Gasteiger partial charge in [0.15, 0.2) is 10.1 Å². The number of aliphatic hydroxyl groups is 1. The Bertz CT molecular complexity index is 701. The van der Waals surface area contributed by atoms with E-state index in [9.17, 15) is 8.94 Å². The third-order valence-corrected chi connectivity index (χ3v) is 6.31. The van der Waals surface area contributed by atoms with Gasteiger partial charge in [-0.1, -0.05) is 0 Å². The highest BCUT2D eigenvalue weighted by Gasteiger charge is 2.40. The number of pyridine rings is 1. The molecule has 1 heterocycles. The number of benzene rings is 1. The van der Waals surface area contributed by atoms with Gasteiger partial charge in [0.1, 0.15) is 5.82 Å². The first kappa shape index (κ1) is 17.8. The van der Waals surface area contributed by atoms with E-state index in [-0.39, 0.29) is 23.7 Å². The maximum atomic E-state index is 13.2. The summed E-state index contributed by atoms with van der Waals surface area (Å²) in [5, 5.41) is 12.0. The fourth-order valence-electron chi connectivity index (χ4n) is 3.03. The lowest BCUT2D eigenvalue weighted by Gasteiger charge is -2.34. The smallest absolute Gasteiger partial charge is 0.178 e. The maximum Gasteiger partial charge on any atom is 0.178 e. The molecule has 0 amide bonds. The standard InChI is InChI=1S/C17H18BrFN2O2S/c18-12-9-11-1-6-15(20-7-8-22)17(16(11)21-10-12)24(23)14-4-2-13(19)3-5-14/h2-5,9-10,15,17,20,22H,1,6-8H2. The van der Waals surface area contributed by atoms with Gasteiger partial charge in [-0.2, -0.15) is 0 Å². The molecule has 0 aliphatic heterocycles. The third-order valence-electron chi connectivity index (χ3n) is 4.12. The van der Waals surface area contributed by atoms with Crippen LogP contribution >= 0.6 is 15.9 Å². The molecule has 1 aliphatic carbocycles. The van der Waals surface area contributed by atoms with Crippen LogP contribution in [0.5, 0.6) is 0 Å². The quantitative estimate of drug-likeness (QED) is 0.740. The van der Waals surface area contributed by atoms with E-state index in [1.807, 2.05) is 6.07 Å². The van der Waals surface area contributed by atoms with E-state index in [4.69, 9.17) is 5.11 Å². The summed E-state index contributed by atoms with van der Waals surface area (Å²) in [6, 6.07) is 7.72. The number of aromatic nitrogens is 1. The zero-order valence-corrected chi connectivity index (χ0v) is 15.3. The number of aryl methyl sites for hydroxylation is 1. The van der Waals surface area contributed by atoms with Crippen LogP contribution in [0.1, 0.15) is 22.9 Å². The molecule has 0 saturated heterocycles. The SMILES string of the molecule is [O-][S+](c1ccc(F)cc1)C1c2ncc(Br)cc2CCC1NCCO. The molecule has 1 aromatic heterocycles. The molecule has 1 aromatic carbocycles. The Morgan fingerprint density at radius 1 is 1.38 bits per heavy atom. The maximum absolute atomic E-state index is 13.2. The van der Waals surface area contributed by atoms with Gasteiger partial charge in [0, 0.05) is 17.2 Å². The van der Waals surface area contributed by atoms with E-state index in [1.54, 1.807) is 18.3 Å². The van der Waals surface area contributed by atoms with Crippen molar-refractivity contribution < 1.29 is 14.0 Å². The molecule has 128 valence electrons. The zero-order valence-electron chi connectivity index (χ0n) is 12.9. The molecule has 3 atom stereocenters. The molecular weight excluding hydrogens is 395 g/mol. The molecule has 0 saturated carbocycles. The van der Waals surface area contributed by atoms with Gasteiger partial charge in [0.2, 0.25) is 0 Å². The highest BCUT2D eigenvalue weighted by atomic mass is 79.9. The molecular formula is C17H18BrFN2O2S. The fourth-order valence-corrected chi connectivity index (χ4v) is 5.05. The van der Waals surface area contributed by atoms with Gasteiger partial charge in [-0.25, -0.2) is 4.39 Å². The lowest BCUT2D eigenvalue weighted by atomic mass is 9.91. The Morgan fingerprint density at radius 2 is 2.12 bits per heavy atom. The van der Waals surface area contributed by atoms with Crippen molar-refractivity contribution in [3.8, 4) is 0 Å². The average molecular weight is 413 g/mol. The fraction of sp³-hybridized carbons (Fsp3) is 0.353. The number of halogens is 2. The first-order chi connectivity index (χ1) is 11.6. The second-order valence-corrected chi connectivity index (χ2v) is 8.18. The van der Waals surface area contributed by atoms with Crippen LogP contribution in [0.4, 0.5) is 4.39 Å². The summed E-state index contributed by atoms with van der Waals surface area (Å²) >= 11 is 2.06. The summed E-state index contributed by atoms with van der Waals surface area (Å²) in [6.45, 7) is 0.459. The topological polar surface area (TPSA) is 68.2 Å². The van der Waals surface area contributed by atoms with Crippen LogP contribution in [0.25, 0.3) is 0 Å². The number of aliphatic hydroxyl groups excluding tert-OH is 1. The van der Waals surface area contributed by atoms with Gasteiger partial charge in [-0.3, -0.25) is 4.98 Å². The first-order valence-corrected chi connectivity index (χ1v) is 9.75. The van der Waals surface area contributed by atoms with Gasteiger partial charge in [-0.05, 0) is 75.8 Å². The molecule has 0 bridgehead atoms. The molecule has 4 nitrogen and oxygen atoms in total. The predicted octanol–water partition coefficient (Wildman–Crippen LogP) is 2.73. The molecule has 3 unspecified atom stereocenters. The highest BCUT2D eigenvalue weighted by molar-refractivity contribution is 9.10. The van der Waals surface area contributed by atoms with Crippen molar-refractivity contribution in [2.24, 2.45) is 0 Å². The summed E-state index contributed by atoms with van der Waals surface area (Å²) in [5.41, 5.74) is 1.88. The van der Waals surface area contributed by atoms with Gasteiger partial charge in [0.25, 0.3) is 0 Å². The summed E-state index contributed by atoms with van der Waals surface area (Å²) in [7, 11) is 0. The number of nitrogens with one attached hydrogen (secondary N) is 1. The third kappa shape index (κ3) is 3.81. The molecule has 0 fully saturated rings. The Labute approximate surface area is 151 Å². The molecule has 2 N–H and O–H groups in total. The monoisotopic (exact) mass is 412 g/mol. The minimum atomic E-state index is -1.37. The van der Waals surface area contributed by atoms with E-state index in [2.05, 4.69) is 26.2 Å². The number of hydrogen-bond acceptors (Lipinski definition) is 4. The number of hydrogen-bond donors (Lipinski definition) is 2. The predicted molar refractivity (Wildman–Crippen MR) is 94.7 cm³/mol. The van der Waals surface area contributed by atoms with Crippen molar-refractivity contribution in [2.45, 2.75) is 29.0 Å². The molecule has 3 rings (SSSR count). The highest BCUT2D eigenvalue weighted by Crippen LogP contribution is 2.38. The van der Waals surface area contributed by atoms with Gasteiger partial charge >= 0.3 is 0 Å². The van der Waals surface area contributed by atoms with E-state index >= 15 is 0 Å². The van der Waals surface area contributed by atoms with Gasteiger partial charge in [0.05, 0.1) is 18.3 Å². The lowest BCUT2D eigenvalue weighted by Crippen LogP contribution is -2.43. The second-order valence-electron chi connectivity index (χ2n) is 5.69. The van der Waals surface area contributed by atoms with Gasteiger partial charge < -0.3 is 15.0 Å². The molecule has 1 aliphatic rings. The van der Waals surface area contributed by atoms with Crippen molar-refractivity contribution in [3.63, 3.8) is 0 Å². The van der Waals surface area contributed by atoms with E-state index in [0.717, 1.165) is 28.6 Å². The Hall–Kier alpha value is -0.990. The summed E-state index contributed by atoms with van der Waals surface area (Å²) in [4.78, 5) is 5.08. The van der Waals surface area contributed by atoms with Crippen molar-refractivity contribution in [1.82, 2.24) is 10.3 Å². The average Bonchev–Trinajstić information content (AvgIpc) is 2.59. The number of fused-ring (bicyclic) bond motifs is 1. The summed E-state index contributed by atoms with van der Waals surface area (Å²) < 4.78 is 27.2. The van der Waals surface area contributed by atoms with Crippen molar-refractivity contribution in [2.75, 3.05) is 13.2 Å². The normalized spacial score (nSPS) is 21.3. The van der Waals surface area contributed by atoms with Crippen LogP contribution in [-0.4, -0.2) is 33.8 Å². The summed E-state index contributed by atoms with van der Waals surface area (Å²) in [5.74, 6) is -0.350. The Morgan fingerprint density at radius 3 is 2.83 bits per heavy atom. The zero-order chi connectivity index (χ0) is 17.1. The van der Waals surface area contributed by atoms with E-state index in [1.165, 1.54) is 12.1 Å². The van der Waals surface area contributed by atoms with Crippen molar-refractivity contribution >= 4 is 27.1 Å². The van der Waals surface area contributed by atoms with Crippen LogP contribution in [0.2, 0.25) is 0 Å². The second kappa shape index (κ2) is 7.93. The number of rotatable bonds is 5. The molecule has 2 aromatic rings. The first-order valence-electron chi connectivity index (χ1n) is 7.75. The summed E-state index contributed by atoms with van der Waals surface area (Å²) in [6.07, 6.45) is 3.35. The van der Waals surface area contributed by atoms with Crippen LogP contribution in [0.15, 0.2) is 45.9 Å². The van der Waals surface area contributed by atoms with E-state index in [0.29, 0.717) is 11.4 Å². The number of nitrogens with zero attached hydrogens (tertiary/aromatic N) is 1. The van der Waals surface area contributed by atoms with Crippen molar-refractivity contribution in [1.29, 1.82) is 0 Å². The van der Waals surface area contributed by atoms with Crippen LogP contribution < -0.4 is 5.32 Å². The van der Waals surface area contributed by atoms with E-state index < -0.39 is 11.2 Å². The van der Waals surface area contributed by atoms with Crippen LogP contribution in [-0.2, 0) is 17.6 Å². The van der Waals surface area contributed by atoms with Crippen LogP contribution in [0.3, 0.4) is 0 Å². The van der Waals surface area contributed by atoms with Crippen molar-refractivity contribution in [3.05, 3.63) is 58.1 Å². The molecule has 24 heavy (non-hydrogen) atoms.